The first-order valence-corrected chi connectivity index (χ1v) is 11.7. The smallest absolute Gasteiger partial charge is 0.303 e. The topological polar surface area (TPSA) is 193 Å². The van der Waals surface area contributed by atoms with Gasteiger partial charge >= 0.3 is 5.97 Å². The molecule has 2 aromatic rings. The highest BCUT2D eigenvalue weighted by atomic mass is 31.2. The van der Waals surface area contributed by atoms with Crippen molar-refractivity contribution >= 4 is 30.9 Å². The summed E-state index contributed by atoms with van der Waals surface area (Å²) < 4.78 is 40.6. The monoisotopic (exact) mass is 488 g/mol. The van der Waals surface area contributed by atoms with Crippen LogP contribution < -0.4 is 16.2 Å². The average Bonchev–Trinajstić information content (AvgIpc) is 3.20. The third kappa shape index (κ3) is 5.96. The Kier molecular flexibility index (Phi) is 7.56. The van der Waals surface area contributed by atoms with Crippen LogP contribution in [0.5, 0.6) is 0 Å². The predicted octanol–water partition coefficient (Wildman–Crippen LogP) is 0.235. The molecule has 5 atom stereocenters. The summed E-state index contributed by atoms with van der Waals surface area (Å²) in [6, 6.07) is 0. The molecule has 3 heterocycles. The van der Waals surface area contributed by atoms with E-state index in [0.29, 0.717) is 0 Å². The summed E-state index contributed by atoms with van der Waals surface area (Å²) in [5, 5.41) is 0. The van der Waals surface area contributed by atoms with Crippen molar-refractivity contribution in [2.75, 3.05) is 12.3 Å². The molecule has 0 bridgehead atoms. The Morgan fingerprint density at radius 2 is 2.03 bits per heavy atom. The molecule has 184 valence electrons. The number of nitrogens with zero attached hydrogens (tertiary/aromatic N) is 3. The highest BCUT2D eigenvalue weighted by Gasteiger charge is 2.50. The zero-order chi connectivity index (χ0) is 24.5. The summed E-state index contributed by atoms with van der Waals surface area (Å²) in [6.07, 6.45) is -3.69. The van der Waals surface area contributed by atoms with Crippen LogP contribution in [-0.4, -0.2) is 62.6 Å². The van der Waals surface area contributed by atoms with E-state index in [-0.39, 0.29) is 23.2 Å². The highest BCUT2D eigenvalue weighted by molar-refractivity contribution is 7.45. The molecule has 1 fully saturated rings. The quantitative estimate of drug-likeness (QED) is 0.361. The molecule has 1 aliphatic heterocycles. The van der Waals surface area contributed by atoms with Crippen LogP contribution in [0.3, 0.4) is 0 Å². The van der Waals surface area contributed by atoms with Crippen LogP contribution in [0, 0.1) is 0 Å². The van der Waals surface area contributed by atoms with Crippen LogP contribution in [0.1, 0.15) is 40.8 Å². The first-order chi connectivity index (χ1) is 15.4. The zero-order valence-electron chi connectivity index (χ0n) is 18.8. The molecule has 0 aliphatic carbocycles. The molecule has 1 aliphatic rings. The lowest BCUT2D eigenvalue weighted by atomic mass is 10.1. The van der Waals surface area contributed by atoms with Crippen molar-refractivity contribution in [2.45, 2.75) is 71.4 Å². The zero-order valence-corrected chi connectivity index (χ0v) is 19.7. The van der Waals surface area contributed by atoms with Crippen molar-refractivity contribution in [1.82, 2.24) is 19.5 Å². The van der Waals surface area contributed by atoms with Gasteiger partial charge in [0.2, 0.25) is 5.95 Å². The summed E-state index contributed by atoms with van der Waals surface area (Å²) in [7, 11) is -4.63. The predicted molar refractivity (Wildman–Crippen MR) is 112 cm³/mol. The number of hydrogen-bond donors (Lipinski definition) is 2. The van der Waals surface area contributed by atoms with E-state index in [1.54, 1.807) is 27.7 Å². The first kappa shape index (κ1) is 25.3. The third-order valence-electron chi connectivity index (χ3n) is 4.48. The lowest BCUT2D eigenvalue weighted by Gasteiger charge is -2.28. The molecular formula is C18H27N5O9P-. The summed E-state index contributed by atoms with van der Waals surface area (Å²) in [4.78, 5) is 46.6. The van der Waals surface area contributed by atoms with Gasteiger partial charge in [-0.15, -0.1) is 0 Å². The highest BCUT2D eigenvalue weighted by Crippen LogP contribution is 2.42. The number of phosphoric ester groups is 1. The lowest BCUT2D eigenvalue weighted by molar-refractivity contribution is -0.231. The Hall–Kier alpha value is -2.35. The largest absolute Gasteiger partial charge is 0.756 e. The van der Waals surface area contributed by atoms with Crippen LogP contribution in [0.2, 0.25) is 0 Å². The molecule has 0 saturated carbocycles. The van der Waals surface area contributed by atoms with Gasteiger partial charge in [-0.1, -0.05) is 0 Å². The van der Waals surface area contributed by atoms with Crippen molar-refractivity contribution in [3.05, 3.63) is 16.7 Å². The van der Waals surface area contributed by atoms with Crippen molar-refractivity contribution in [3.63, 3.8) is 0 Å². The Balaban J connectivity index is 1.98. The molecular weight excluding hydrogens is 461 g/mol. The number of anilines is 1. The number of fused-ring (bicyclic) bond motifs is 1. The van der Waals surface area contributed by atoms with Gasteiger partial charge in [0.25, 0.3) is 13.4 Å². The maximum absolute atomic E-state index is 12.2. The van der Waals surface area contributed by atoms with Crippen LogP contribution in [-0.2, 0) is 32.6 Å². The molecule has 2 aromatic heterocycles. The van der Waals surface area contributed by atoms with E-state index >= 15 is 0 Å². The Bertz CT molecular complexity index is 1100. The van der Waals surface area contributed by atoms with Crippen molar-refractivity contribution in [2.24, 2.45) is 0 Å². The van der Waals surface area contributed by atoms with Gasteiger partial charge in [-0.05, 0) is 27.7 Å². The fourth-order valence-electron chi connectivity index (χ4n) is 3.44. The Morgan fingerprint density at radius 3 is 2.64 bits per heavy atom. The van der Waals surface area contributed by atoms with Gasteiger partial charge in [0, 0.05) is 6.92 Å². The minimum absolute atomic E-state index is 0.00945. The van der Waals surface area contributed by atoms with Gasteiger partial charge in [-0.25, -0.2) is 4.98 Å². The van der Waals surface area contributed by atoms with Gasteiger partial charge in [0.1, 0.15) is 12.2 Å². The molecule has 2 unspecified atom stereocenters. The summed E-state index contributed by atoms with van der Waals surface area (Å²) in [5.74, 6) is -0.774. The second kappa shape index (κ2) is 9.87. The van der Waals surface area contributed by atoms with E-state index in [1.807, 2.05) is 0 Å². The number of hydrogen-bond acceptors (Lipinski definition) is 12. The molecule has 3 rings (SSSR count). The lowest BCUT2D eigenvalue weighted by Crippen LogP contribution is -2.41. The Labute approximate surface area is 189 Å². The fraction of sp³-hybridized carbons (Fsp3) is 0.667. The molecule has 1 saturated heterocycles. The maximum atomic E-state index is 12.2. The van der Waals surface area contributed by atoms with Gasteiger partial charge in [-0.2, -0.15) is 4.98 Å². The second-order valence-electron chi connectivity index (χ2n) is 7.96. The van der Waals surface area contributed by atoms with Gasteiger partial charge in [-0.3, -0.25) is 23.7 Å². The number of nitrogen functional groups attached to an aromatic ring is 1. The summed E-state index contributed by atoms with van der Waals surface area (Å²) >= 11 is 0. The number of carbonyl (C=O) groups is 1. The number of ether oxygens (including phenoxy) is 3. The fourth-order valence-corrected chi connectivity index (χ4v) is 4.35. The molecule has 0 radical (unpaired) electrons. The van der Waals surface area contributed by atoms with Crippen molar-refractivity contribution in [1.29, 1.82) is 0 Å². The van der Waals surface area contributed by atoms with E-state index in [4.69, 9.17) is 29.0 Å². The first-order valence-electron chi connectivity index (χ1n) is 10.2. The van der Waals surface area contributed by atoms with Gasteiger partial charge in [0.05, 0.1) is 25.1 Å². The third-order valence-corrected chi connectivity index (χ3v) is 5.62. The molecule has 0 amide bonds. The van der Waals surface area contributed by atoms with E-state index in [9.17, 15) is 19.0 Å². The van der Waals surface area contributed by atoms with E-state index < -0.39 is 56.6 Å². The maximum Gasteiger partial charge on any atom is 0.303 e. The van der Waals surface area contributed by atoms with Gasteiger partial charge < -0.3 is 33.9 Å². The molecule has 33 heavy (non-hydrogen) atoms. The number of aromatic nitrogens is 4. The Morgan fingerprint density at radius 1 is 1.33 bits per heavy atom. The standard InChI is InChI=1S/C18H28N5O9P/c1-8(2)29-13-11(6-28-33(26,27)32-9(3)4)31-17(14(13)30-10(5)24)23-7-20-12-15(23)21-18(19)22-16(12)25/h7-9,11,13-14,17H,6H2,1-5H3,(H,26,27)(H3,19,21,22,25)/p-1/t11-,13?,14+,17-/m1/s1. The number of rotatable bonds is 9. The second-order valence-corrected chi connectivity index (χ2v) is 9.32. The summed E-state index contributed by atoms with van der Waals surface area (Å²) in [5.41, 5.74) is 5.18. The van der Waals surface area contributed by atoms with Crippen LogP contribution >= 0.6 is 7.82 Å². The van der Waals surface area contributed by atoms with E-state index in [2.05, 4.69) is 15.0 Å². The minimum atomic E-state index is -4.63. The number of nitrogens with two attached hydrogens (primary N) is 1. The van der Waals surface area contributed by atoms with Crippen LogP contribution in [0.15, 0.2) is 11.1 Å². The van der Waals surface area contributed by atoms with E-state index in [0.717, 1.165) is 0 Å². The SMILES string of the molecule is CC(=O)O[C@H]1C(OC(C)C)[C@@H](COP(=O)([O-])OC(C)C)O[C@H]1n1cnc2c(=O)[nH]c(N)nc21. The van der Waals surface area contributed by atoms with Crippen LogP contribution in [0.4, 0.5) is 5.95 Å². The number of nitrogens with one attached hydrogen (secondary N) is 1. The van der Waals surface area contributed by atoms with E-state index in [1.165, 1.54) is 17.8 Å². The average molecular weight is 488 g/mol. The number of esters is 1. The normalized spacial score (nSPS) is 25.1. The number of imidazole rings is 1. The molecule has 15 heteroatoms. The van der Waals surface area contributed by atoms with Gasteiger partial charge in [0.15, 0.2) is 23.5 Å². The molecule has 3 N–H and O–H groups in total. The molecule has 14 nitrogen and oxygen atoms in total. The van der Waals surface area contributed by atoms with Crippen molar-refractivity contribution in [3.8, 4) is 0 Å². The number of phosphoric acid groups is 1. The van der Waals surface area contributed by atoms with Crippen LogP contribution in [0.25, 0.3) is 11.2 Å². The minimum Gasteiger partial charge on any atom is -0.756 e. The number of carbonyl (C=O) groups excluding carboxylic acids is 1. The molecule has 0 spiro atoms. The number of aromatic amines is 1. The summed E-state index contributed by atoms with van der Waals surface area (Å²) in [6.45, 7) is 7.34. The number of H-pyrrole nitrogens is 1. The van der Waals surface area contributed by atoms with Crippen molar-refractivity contribution < 1.29 is 37.5 Å². The molecule has 0 aromatic carbocycles.